The number of rotatable bonds is 7. The maximum Gasteiger partial charge on any atom is 0.126 e. The van der Waals surface area contributed by atoms with E-state index in [0.717, 1.165) is 36.6 Å². The second-order valence-corrected chi connectivity index (χ2v) is 8.48. The summed E-state index contributed by atoms with van der Waals surface area (Å²) in [5.41, 5.74) is 8.18. The van der Waals surface area contributed by atoms with Gasteiger partial charge in [0.25, 0.3) is 0 Å². The van der Waals surface area contributed by atoms with Crippen molar-refractivity contribution in [1.82, 2.24) is 10.2 Å². The molecule has 0 spiro atoms. The van der Waals surface area contributed by atoms with E-state index < -0.39 is 0 Å². The summed E-state index contributed by atoms with van der Waals surface area (Å²) in [6.07, 6.45) is 3.46. The molecule has 0 aromatic heterocycles. The number of hydrogen-bond acceptors (Lipinski definition) is 4. The molecule has 0 bridgehead atoms. The fraction of sp³-hybridized carbons (Fsp3) is 0.462. The van der Waals surface area contributed by atoms with Crippen molar-refractivity contribution in [3.8, 4) is 11.5 Å². The van der Waals surface area contributed by atoms with E-state index in [0.29, 0.717) is 5.92 Å². The summed E-state index contributed by atoms with van der Waals surface area (Å²) >= 11 is 0. The Morgan fingerprint density at radius 1 is 1.03 bits per heavy atom. The molecule has 2 aliphatic rings. The molecular weight excluding hydrogens is 372 g/mol. The fourth-order valence-corrected chi connectivity index (χ4v) is 4.94. The number of piperidine rings is 1. The molecule has 2 aromatic carbocycles. The molecule has 2 aromatic rings. The molecular formula is C26H38N2O2. The number of ether oxygens (including phenoxy) is 2. The number of nitrogens with one attached hydrogen (secondary N) is 1. The van der Waals surface area contributed by atoms with Crippen LogP contribution >= 0.6 is 0 Å². The molecule has 0 saturated carbocycles. The van der Waals surface area contributed by atoms with Gasteiger partial charge < -0.3 is 19.7 Å². The van der Waals surface area contributed by atoms with Crippen molar-refractivity contribution in [3.05, 3.63) is 58.7 Å². The van der Waals surface area contributed by atoms with Crippen molar-refractivity contribution in [2.75, 3.05) is 47.4 Å². The maximum atomic E-state index is 5.66. The third-order valence-corrected chi connectivity index (χ3v) is 6.83. The number of likely N-dealkylation sites (tertiary alicyclic amines) is 1. The highest BCUT2D eigenvalue weighted by Gasteiger charge is 2.25. The lowest BCUT2D eigenvalue weighted by atomic mass is 9.87. The van der Waals surface area contributed by atoms with Gasteiger partial charge >= 0.3 is 0 Å². The minimum atomic E-state index is 0. The van der Waals surface area contributed by atoms with Crippen LogP contribution in [0.4, 0.5) is 0 Å². The summed E-state index contributed by atoms with van der Waals surface area (Å²) in [4.78, 5) is 2.58. The van der Waals surface area contributed by atoms with Crippen LogP contribution in [-0.2, 0) is 6.42 Å². The predicted molar refractivity (Wildman–Crippen MR) is 129 cm³/mol. The van der Waals surface area contributed by atoms with Crippen molar-refractivity contribution >= 4 is 11.1 Å². The second-order valence-electron chi connectivity index (χ2n) is 8.48. The summed E-state index contributed by atoms with van der Waals surface area (Å²) in [6, 6.07) is 13.2. The van der Waals surface area contributed by atoms with Crippen molar-refractivity contribution < 1.29 is 12.3 Å². The van der Waals surface area contributed by atoms with Crippen molar-refractivity contribution in [1.29, 1.82) is 0 Å². The van der Waals surface area contributed by atoms with E-state index in [-0.39, 0.29) is 2.85 Å². The Labute approximate surface area is 183 Å². The molecule has 1 aliphatic carbocycles. The number of fused-ring (bicyclic) bond motifs is 1. The highest BCUT2D eigenvalue weighted by Crippen LogP contribution is 2.43. The monoisotopic (exact) mass is 410 g/mol. The third kappa shape index (κ3) is 4.12. The van der Waals surface area contributed by atoms with Gasteiger partial charge in [0.15, 0.2) is 0 Å². The quantitative estimate of drug-likeness (QED) is 0.690. The van der Waals surface area contributed by atoms with Gasteiger partial charge in [-0.3, -0.25) is 0 Å². The standard InChI is InChI=1S/C26H34N2O2.2H2/c1-18-23-15-20(19-9-12-28(13-10-19)14-11-27-2)5-6-21(23)16-24(18)25-17-22(29-3)7-8-26(25)30-4;;/h5-8,15,17,19,27H,9-14,16H2,1-4H3;2*1H. The maximum absolute atomic E-state index is 5.66. The second kappa shape index (κ2) is 9.23. The fourth-order valence-electron chi connectivity index (χ4n) is 4.94. The Morgan fingerprint density at radius 2 is 1.83 bits per heavy atom. The zero-order valence-electron chi connectivity index (χ0n) is 18.8. The summed E-state index contributed by atoms with van der Waals surface area (Å²) in [6.45, 7) is 6.88. The number of likely N-dealkylation sites (N-methyl/N-ethyl adjacent to an activating group) is 1. The van der Waals surface area contributed by atoms with Gasteiger partial charge in [0.2, 0.25) is 0 Å². The van der Waals surface area contributed by atoms with E-state index in [1.165, 1.54) is 53.8 Å². The molecule has 0 radical (unpaired) electrons. The minimum absolute atomic E-state index is 0. The van der Waals surface area contributed by atoms with Crippen LogP contribution in [0.5, 0.6) is 11.5 Å². The first kappa shape index (κ1) is 21.0. The van der Waals surface area contributed by atoms with Crippen LogP contribution in [0.3, 0.4) is 0 Å². The molecule has 4 nitrogen and oxygen atoms in total. The number of allylic oxidation sites excluding steroid dienone is 2. The van der Waals surface area contributed by atoms with Gasteiger partial charge in [0.05, 0.1) is 14.2 Å². The van der Waals surface area contributed by atoms with E-state index >= 15 is 0 Å². The summed E-state index contributed by atoms with van der Waals surface area (Å²) in [5, 5.41) is 3.26. The SMILES string of the molecule is CNCCN1CCC(c2ccc3c(c2)C(C)=C(c2cc(OC)ccc2OC)C3)CC1.[HH].[HH]. The average molecular weight is 411 g/mol. The lowest BCUT2D eigenvalue weighted by Gasteiger charge is -2.32. The third-order valence-electron chi connectivity index (χ3n) is 6.83. The number of methoxy groups -OCH3 is 2. The van der Waals surface area contributed by atoms with Crippen molar-refractivity contribution in [2.24, 2.45) is 0 Å². The Balaban J connectivity index is 0.00000181. The van der Waals surface area contributed by atoms with Gasteiger partial charge in [-0.25, -0.2) is 0 Å². The van der Waals surface area contributed by atoms with Crippen LogP contribution in [0.2, 0.25) is 0 Å². The molecule has 4 rings (SSSR count). The van der Waals surface area contributed by atoms with E-state index in [1.807, 2.05) is 19.2 Å². The van der Waals surface area contributed by atoms with E-state index in [4.69, 9.17) is 9.47 Å². The average Bonchev–Trinajstić information content (AvgIpc) is 3.13. The van der Waals surface area contributed by atoms with E-state index in [1.54, 1.807) is 14.2 Å². The smallest absolute Gasteiger partial charge is 0.126 e. The highest BCUT2D eigenvalue weighted by molar-refractivity contribution is 5.97. The van der Waals surface area contributed by atoms with Gasteiger partial charge in [0, 0.05) is 21.5 Å². The van der Waals surface area contributed by atoms with Crippen LogP contribution in [0, 0.1) is 0 Å². The van der Waals surface area contributed by atoms with Crippen LogP contribution in [0.15, 0.2) is 36.4 Å². The van der Waals surface area contributed by atoms with E-state index in [9.17, 15) is 0 Å². The Hall–Kier alpha value is -2.30. The van der Waals surface area contributed by atoms with Crippen LogP contribution < -0.4 is 14.8 Å². The number of benzene rings is 2. The minimum Gasteiger partial charge on any atom is -0.497 e. The lowest BCUT2D eigenvalue weighted by molar-refractivity contribution is 0.214. The largest absolute Gasteiger partial charge is 0.497 e. The summed E-state index contributed by atoms with van der Waals surface area (Å²) in [7, 11) is 5.49. The molecule has 30 heavy (non-hydrogen) atoms. The van der Waals surface area contributed by atoms with Crippen molar-refractivity contribution in [2.45, 2.75) is 32.1 Å². The van der Waals surface area contributed by atoms with Gasteiger partial charge in [-0.2, -0.15) is 0 Å². The topological polar surface area (TPSA) is 33.7 Å². The van der Waals surface area contributed by atoms with Crippen LogP contribution in [0.1, 0.15) is 50.8 Å². The molecule has 1 fully saturated rings. The van der Waals surface area contributed by atoms with Crippen molar-refractivity contribution in [3.63, 3.8) is 0 Å². The Bertz CT molecular complexity index is 937. The van der Waals surface area contributed by atoms with Gasteiger partial charge in [0.1, 0.15) is 11.5 Å². The van der Waals surface area contributed by atoms with Gasteiger partial charge in [-0.1, -0.05) is 18.2 Å². The first-order valence-corrected chi connectivity index (χ1v) is 11.1. The Morgan fingerprint density at radius 3 is 2.53 bits per heavy atom. The first-order chi connectivity index (χ1) is 14.6. The molecule has 1 saturated heterocycles. The molecule has 164 valence electrons. The molecule has 1 heterocycles. The lowest BCUT2D eigenvalue weighted by Crippen LogP contribution is -2.37. The molecule has 0 amide bonds. The zero-order chi connectivity index (χ0) is 21.1. The summed E-state index contributed by atoms with van der Waals surface area (Å²) < 4.78 is 11.1. The molecule has 1 N–H and O–H groups in total. The number of nitrogens with zero attached hydrogens (tertiary/aromatic N) is 1. The first-order valence-electron chi connectivity index (χ1n) is 11.1. The molecule has 0 unspecified atom stereocenters. The predicted octanol–water partition coefficient (Wildman–Crippen LogP) is 5.08. The summed E-state index contributed by atoms with van der Waals surface area (Å²) in [5.74, 6) is 2.45. The van der Waals surface area contributed by atoms with Gasteiger partial charge in [-0.05, 0) is 98.3 Å². The molecule has 0 atom stereocenters. The Kier molecular flexibility index (Phi) is 6.45. The highest BCUT2D eigenvalue weighted by atomic mass is 16.5. The zero-order valence-corrected chi connectivity index (χ0v) is 18.8. The van der Waals surface area contributed by atoms with Crippen LogP contribution in [0.25, 0.3) is 11.1 Å². The normalized spacial score (nSPS) is 17.3. The number of hydrogen-bond donors (Lipinski definition) is 1. The molecule has 1 aliphatic heterocycles. The van der Waals surface area contributed by atoms with E-state index in [2.05, 4.69) is 41.4 Å². The molecule has 4 heteroatoms. The van der Waals surface area contributed by atoms with Crippen LogP contribution in [-0.4, -0.2) is 52.3 Å². The van der Waals surface area contributed by atoms with Gasteiger partial charge in [-0.15, -0.1) is 0 Å².